The van der Waals surface area contributed by atoms with Crippen LogP contribution in [0.1, 0.15) is 79.1 Å². The summed E-state index contributed by atoms with van der Waals surface area (Å²) in [6.45, 7) is 11.0. The molecule has 7 nitrogen and oxygen atoms in total. The number of azide groups is 1. The standard InChI is InChI=1S/C27H45N3O4S/c1-16-5-10-27(32-15-16)17(2)24-23(33-27)12-22-20(13-29-30-28)21(7-9-26(22,24)4)25(3)8-6-19(34-35)11-18(25)14-31/h16-24,31,35H,5-15H2,1-4H3/t16?,17-,18+,19-,20+,21-,22-,23-,24-,25-,26-,27+/m0/s1. The molecule has 3 aliphatic carbocycles. The molecule has 1 N–H and O–H groups in total. The lowest BCUT2D eigenvalue weighted by molar-refractivity contribution is -0.272. The van der Waals surface area contributed by atoms with Crippen LogP contribution in [0.2, 0.25) is 0 Å². The van der Waals surface area contributed by atoms with Gasteiger partial charge in [0.25, 0.3) is 0 Å². The van der Waals surface area contributed by atoms with Gasteiger partial charge in [-0.05, 0) is 110 Å². The molecular formula is C27H45N3O4S. The quantitative estimate of drug-likeness (QED) is 0.153. The summed E-state index contributed by atoms with van der Waals surface area (Å²) in [7, 11) is 0. The van der Waals surface area contributed by atoms with Crippen molar-refractivity contribution in [2.75, 3.05) is 19.8 Å². The Morgan fingerprint density at radius 1 is 1.09 bits per heavy atom. The molecule has 3 saturated carbocycles. The Labute approximate surface area is 216 Å². The number of aliphatic hydroxyl groups excluding tert-OH is 1. The molecule has 12 atom stereocenters. The van der Waals surface area contributed by atoms with Crippen LogP contribution in [0.25, 0.3) is 10.4 Å². The first-order chi connectivity index (χ1) is 16.7. The van der Waals surface area contributed by atoms with E-state index in [-0.39, 0.29) is 35.6 Å². The van der Waals surface area contributed by atoms with Crippen LogP contribution in [-0.2, 0) is 13.7 Å². The third-order valence-electron chi connectivity index (χ3n) is 11.8. The van der Waals surface area contributed by atoms with E-state index in [4.69, 9.17) is 13.7 Å². The van der Waals surface area contributed by atoms with Crippen molar-refractivity contribution < 1.29 is 18.8 Å². The minimum absolute atomic E-state index is 0.00253. The molecule has 1 spiro atoms. The van der Waals surface area contributed by atoms with Gasteiger partial charge in [0.2, 0.25) is 0 Å². The van der Waals surface area contributed by atoms with Crippen molar-refractivity contribution in [3.8, 4) is 0 Å². The molecule has 0 radical (unpaired) electrons. The molecule has 35 heavy (non-hydrogen) atoms. The predicted molar refractivity (Wildman–Crippen MR) is 137 cm³/mol. The molecule has 2 aliphatic heterocycles. The van der Waals surface area contributed by atoms with Crippen molar-refractivity contribution in [2.24, 2.45) is 57.4 Å². The van der Waals surface area contributed by atoms with Crippen molar-refractivity contribution in [3.63, 3.8) is 0 Å². The van der Waals surface area contributed by atoms with Crippen molar-refractivity contribution in [1.82, 2.24) is 0 Å². The second kappa shape index (κ2) is 9.67. The molecule has 5 fully saturated rings. The van der Waals surface area contributed by atoms with Crippen LogP contribution in [0.3, 0.4) is 0 Å². The smallest absolute Gasteiger partial charge is 0.171 e. The van der Waals surface area contributed by atoms with Crippen molar-refractivity contribution in [2.45, 2.75) is 97.1 Å². The van der Waals surface area contributed by atoms with E-state index >= 15 is 0 Å². The van der Waals surface area contributed by atoms with E-state index in [2.05, 4.69) is 50.6 Å². The first-order valence-electron chi connectivity index (χ1n) is 14.0. The highest BCUT2D eigenvalue weighted by Crippen LogP contribution is 2.69. The van der Waals surface area contributed by atoms with E-state index in [0.717, 1.165) is 51.6 Å². The molecule has 8 heteroatoms. The lowest BCUT2D eigenvalue weighted by Gasteiger charge is -2.57. The van der Waals surface area contributed by atoms with Crippen LogP contribution in [-0.4, -0.2) is 42.9 Å². The monoisotopic (exact) mass is 507 g/mol. The molecule has 198 valence electrons. The number of ether oxygens (including phenoxy) is 2. The average molecular weight is 508 g/mol. The Kier molecular flexibility index (Phi) is 7.21. The fourth-order valence-electron chi connectivity index (χ4n) is 9.76. The number of thiol groups is 1. The Morgan fingerprint density at radius 3 is 2.51 bits per heavy atom. The van der Waals surface area contributed by atoms with Crippen molar-refractivity contribution in [3.05, 3.63) is 10.4 Å². The van der Waals surface area contributed by atoms with E-state index in [1.165, 1.54) is 6.42 Å². The van der Waals surface area contributed by atoms with Crippen LogP contribution >= 0.6 is 12.9 Å². The van der Waals surface area contributed by atoms with Gasteiger partial charge in [-0.2, -0.15) is 0 Å². The molecule has 5 rings (SSSR count). The zero-order chi connectivity index (χ0) is 25.0. The molecule has 2 saturated heterocycles. The summed E-state index contributed by atoms with van der Waals surface area (Å²) >= 11 is 4.08. The summed E-state index contributed by atoms with van der Waals surface area (Å²) in [6.07, 6.45) is 8.60. The minimum atomic E-state index is -0.411. The largest absolute Gasteiger partial charge is 0.396 e. The van der Waals surface area contributed by atoms with Crippen molar-refractivity contribution >= 4 is 12.9 Å². The maximum Gasteiger partial charge on any atom is 0.171 e. The van der Waals surface area contributed by atoms with Gasteiger partial charge in [0.05, 0.1) is 18.8 Å². The van der Waals surface area contributed by atoms with E-state index < -0.39 is 5.79 Å². The normalized spacial score (nSPS) is 53.7. The van der Waals surface area contributed by atoms with Gasteiger partial charge in [-0.1, -0.05) is 32.8 Å². The van der Waals surface area contributed by atoms with Gasteiger partial charge in [-0.3, -0.25) is 0 Å². The van der Waals surface area contributed by atoms with Crippen LogP contribution in [0, 0.1) is 52.3 Å². The Balaban J connectivity index is 1.42. The van der Waals surface area contributed by atoms with Gasteiger partial charge < -0.3 is 18.8 Å². The summed E-state index contributed by atoms with van der Waals surface area (Å²) in [6, 6.07) is 0. The zero-order valence-corrected chi connectivity index (χ0v) is 22.8. The van der Waals surface area contributed by atoms with Crippen LogP contribution in [0.4, 0.5) is 0 Å². The van der Waals surface area contributed by atoms with Gasteiger partial charge >= 0.3 is 0 Å². The Hall–Kier alpha value is -0.500. The van der Waals surface area contributed by atoms with Crippen LogP contribution < -0.4 is 0 Å². The molecule has 1 unspecified atom stereocenters. The number of nitrogens with zero attached hydrogens (tertiary/aromatic N) is 3. The topological polar surface area (TPSA) is 96.7 Å². The highest BCUT2D eigenvalue weighted by Gasteiger charge is 2.68. The SMILES string of the molecule is CC1CC[C@@]2(OC1)O[C@H]1C[C@H]3[C@H](CN=[N+]=[N-])[C@@H]([C@@]4(C)CC[C@H](OS)C[C@@H]4CO)CC[C@]3(C)[C@H]1[C@@H]2C. The first-order valence-corrected chi connectivity index (χ1v) is 14.3. The number of hydrogen-bond donors (Lipinski definition) is 2. The molecule has 0 aromatic heterocycles. The third-order valence-corrected chi connectivity index (χ3v) is 12.1. The molecule has 0 amide bonds. The Morgan fingerprint density at radius 2 is 1.86 bits per heavy atom. The lowest BCUT2D eigenvalue weighted by Crippen LogP contribution is -2.54. The molecule has 0 bridgehead atoms. The van der Waals surface area contributed by atoms with Gasteiger partial charge in [0.15, 0.2) is 5.79 Å². The van der Waals surface area contributed by atoms with E-state index in [1.807, 2.05) is 0 Å². The van der Waals surface area contributed by atoms with Gasteiger partial charge in [0, 0.05) is 30.4 Å². The minimum Gasteiger partial charge on any atom is -0.396 e. The van der Waals surface area contributed by atoms with E-state index in [9.17, 15) is 10.6 Å². The Bertz CT molecular complexity index is 831. The summed E-state index contributed by atoms with van der Waals surface area (Å²) < 4.78 is 18.7. The van der Waals surface area contributed by atoms with E-state index in [0.29, 0.717) is 42.1 Å². The fraction of sp³-hybridized carbons (Fsp3) is 1.00. The van der Waals surface area contributed by atoms with Gasteiger partial charge in [0.1, 0.15) is 0 Å². The number of rotatable bonds is 5. The summed E-state index contributed by atoms with van der Waals surface area (Å²) in [4.78, 5) is 3.19. The van der Waals surface area contributed by atoms with Crippen LogP contribution in [0.5, 0.6) is 0 Å². The maximum absolute atomic E-state index is 10.4. The highest BCUT2D eigenvalue weighted by atomic mass is 32.1. The van der Waals surface area contributed by atoms with Gasteiger partial charge in [-0.25, -0.2) is 0 Å². The molecule has 5 aliphatic rings. The molecular weight excluding hydrogens is 462 g/mol. The number of aliphatic hydroxyl groups is 1. The number of fused-ring (bicyclic) bond motifs is 3. The molecule has 0 aromatic rings. The predicted octanol–water partition coefficient (Wildman–Crippen LogP) is 6.17. The van der Waals surface area contributed by atoms with Crippen LogP contribution in [0.15, 0.2) is 5.11 Å². The zero-order valence-electron chi connectivity index (χ0n) is 21.9. The number of hydrogen-bond acceptors (Lipinski definition) is 6. The molecule has 0 aromatic carbocycles. The lowest BCUT2D eigenvalue weighted by atomic mass is 9.48. The third kappa shape index (κ3) is 4.06. The second-order valence-corrected chi connectivity index (χ2v) is 13.4. The first kappa shape index (κ1) is 26.1. The van der Waals surface area contributed by atoms with Gasteiger partial charge in [-0.15, -0.1) is 0 Å². The average Bonchev–Trinajstić information content (AvgIpc) is 3.30. The second-order valence-electron chi connectivity index (χ2n) is 13.2. The van der Waals surface area contributed by atoms with E-state index in [1.54, 1.807) is 0 Å². The summed E-state index contributed by atoms with van der Waals surface area (Å²) in [5.74, 6) is 2.40. The highest BCUT2D eigenvalue weighted by molar-refractivity contribution is 7.75. The fourth-order valence-corrected chi connectivity index (χ4v) is 9.95. The molecule has 2 heterocycles. The van der Waals surface area contributed by atoms with Crippen molar-refractivity contribution in [1.29, 1.82) is 0 Å². The summed E-state index contributed by atoms with van der Waals surface area (Å²) in [5.41, 5.74) is 9.43. The maximum atomic E-state index is 10.4. The summed E-state index contributed by atoms with van der Waals surface area (Å²) in [5, 5.41) is 14.6.